The van der Waals surface area contributed by atoms with Gasteiger partial charge in [-0.25, -0.2) is 9.97 Å². The monoisotopic (exact) mass is 1390 g/mol. The molecule has 3 saturated heterocycles. The molecule has 97 heavy (non-hydrogen) atoms. The zero-order chi connectivity index (χ0) is 69.5. The van der Waals surface area contributed by atoms with Crippen molar-refractivity contribution in [2.45, 2.75) is 92.9 Å². The number of phenolic OH excluding ortho intramolecular Hbond substituents is 2. The highest BCUT2D eigenvalue weighted by atomic mass is 32.2. The van der Waals surface area contributed by atoms with Crippen molar-refractivity contribution < 1.29 is 101 Å². The van der Waals surface area contributed by atoms with Gasteiger partial charge in [0.15, 0.2) is 24.6 Å². The van der Waals surface area contributed by atoms with E-state index >= 15 is 0 Å². The second-order valence-electron chi connectivity index (χ2n) is 23.1. The maximum absolute atomic E-state index is 14.3. The van der Waals surface area contributed by atoms with Gasteiger partial charge in [0, 0.05) is 98.8 Å². The molecule has 34 heteroatoms. The van der Waals surface area contributed by atoms with Crippen LogP contribution in [-0.4, -0.2) is 250 Å². The number of hydrogen-bond acceptors (Lipinski definition) is 26. The van der Waals surface area contributed by atoms with Crippen LogP contribution in [-0.2, 0) is 84.6 Å². The molecule has 4 heterocycles. The van der Waals surface area contributed by atoms with Gasteiger partial charge in [-0.1, -0.05) is 12.1 Å². The second kappa shape index (κ2) is 33.9. The van der Waals surface area contributed by atoms with Crippen LogP contribution in [0.4, 0.5) is 0 Å². The van der Waals surface area contributed by atoms with Crippen LogP contribution in [0.1, 0.15) is 97.0 Å². The Bertz CT molecular complexity index is 3640. The summed E-state index contributed by atoms with van der Waals surface area (Å²) in [4.78, 5) is 141. The molecule has 5 aliphatic rings. The Morgan fingerprint density at radius 1 is 0.691 bits per heavy atom. The molecule has 32 nitrogen and oxygen atoms in total. The van der Waals surface area contributed by atoms with Crippen molar-refractivity contribution in [3.8, 4) is 17.2 Å². The van der Waals surface area contributed by atoms with E-state index in [2.05, 4.69) is 47.4 Å². The van der Waals surface area contributed by atoms with Crippen molar-refractivity contribution in [1.82, 2.24) is 57.4 Å². The summed E-state index contributed by atoms with van der Waals surface area (Å²) < 4.78 is 46.8. The highest BCUT2D eigenvalue weighted by molar-refractivity contribution is 7.98. The van der Waals surface area contributed by atoms with Crippen molar-refractivity contribution >= 4 is 93.4 Å². The highest BCUT2D eigenvalue weighted by Crippen LogP contribution is 2.53. The van der Waals surface area contributed by atoms with Crippen LogP contribution in [0, 0.1) is 0 Å². The fourth-order valence-corrected chi connectivity index (χ4v) is 12.9. The number of amides is 8. The van der Waals surface area contributed by atoms with E-state index in [0.717, 1.165) is 28.4 Å². The maximum Gasteiger partial charge on any atom is 0.252 e. The molecule has 3 aromatic carbocycles. The number of aliphatic hydroxyl groups is 1. The van der Waals surface area contributed by atoms with E-state index in [1.165, 1.54) is 32.4 Å². The first-order valence-electron chi connectivity index (χ1n) is 31.2. The average Bonchev–Trinajstić information content (AvgIpc) is 1.31. The molecule has 3 fully saturated rings. The zero-order valence-corrected chi connectivity index (χ0v) is 55.6. The molecule has 2 aliphatic carbocycles. The molecular formula is C63H79N11O21S2. The summed E-state index contributed by atoms with van der Waals surface area (Å²) in [5, 5.41) is 55.8. The molecule has 9 rings (SSSR count). The normalized spacial score (nSPS) is 21.6. The molecule has 0 saturated carbocycles. The largest absolute Gasteiger partial charge is 0.507 e. The molecule has 524 valence electrons. The van der Waals surface area contributed by atoms with Gasteiger partial charge < -0.3 is 95.7 Å². The Hall–Kier alpha value is -8.16. The number of benzene rings is 3. The van der Waals surface area contributed by atoms with Gasteiger partial charge >= 0.3 is 0 Å². The van der Waals surface area contributed by atoms with Crippen molar-refractivity contribution in [2.24, 2.45) is 0 Å². The third-order valence-electron chi connectivity index (χ3n) is 16.6. The van der Waals surface area contributed by atoms with Crippen LogP contribution in [0.2, 0.25) is 0 Å². The number of carbonyl (C=O) groups is 10. The summed E-state index contributed by atoms with van der Waals surface area (Å²) in [6, 6.07) is 9.26. The van der Waals surface area contributed by atoms with Crippen molar-refractivity contribution in [3.63, 3.8) is 0 Å². The van der Waals surface area contributed by atoms with Crippen LogP contribution < -0.4 is 47.3 Å². The molecular weight excluding hydrogens is 1310 g/mol. The molecule has 0 radical (unpaired) electrons. The van der Waals surface area contributed by atoms with Crippen molar-refractivity contribution in [1.29, 1.82) is 0 Å². The van der Waals surface area contributed by atoms with Crippen LogP contribution >= 0.6 is 23.5 Å². The third kappa shape index (κ3) is 17.8. The molecule has 11 N–H and O–H groups in total. The first-order valence-corrected chi connectivity index (χ1v) is 34.0. The number of aromatic hydroxyl groups is 2. The predicted octanol–water partition coefficient (Wildman–Crippen LogP) is -1.51. The van der Waals surface area contributed by atoms with E-state index in [-0.39, 0.29) is 98.9 Å². The van der Waals surface area contributed by atoms with E-state index in [1.807, 2.05) is 12.5 Å². The van der Waals surface area contributed by atoms with E-state index in [0.29, 0.717) is 24.2 Å². The second-order valence-corrected chi connectivity index (χ2v) is 24.8. The van der Waals surface area contributed by atoms with Gasteiger partial charge in [0.25, 0.3) is 11.8 Å². The summed E-state index contributed by atoms with van der Waals surface area (Å²) in [5.41, 5.74) is -0.421. The number of carbonyl (C=O) groups excluding carboxylic acids is 10. The van der Waals surface area contributed by atoms with Crippen LogP contribution in [0.3, 0.4) is 0 Å². The van der Waals surface area contributed by atoms with Gasteiger partial charge in [-0.2, -0.15) is 23.5 Å². The van der Waals surface area contributed by atoms with Crippen molar-refractivity contribution in [3.05, 3.63) is 86.7 Å². The summed E-state index contributed by atoms with van der Waals surface area (Å²) in [5.74, 6) is -7.04. The van der Waals surface area contributed by atoms with E-state index in [9.17, 15) is 63.3 Å². The van der Waals surface area contributed by atoms with Gasteiger partial charge in [-0.3, -0.25) is 52.8 Å². The fraction of sp³-hybridized carbons (Fsp3) is 0.524. The first-order chi connectivity index (χ1) is 46.7. The molecule has 0 spiro atoms. The number of ketones is 2. The topological polar surface area (TPSA) is 430 Å². The minimum absolute atomic E-state index is 0.0363. The number of fused-ring (bicyclic) bond motifs is 7. The number of methoxy groups -OCH3 is 2. The van der Waals surface area contributed by atoms with Gasteiger partial charge in [-0.05, 0) is 43.7 Å². The number of phenols is 2. The molecule has 8 atom stereocenters. The standard InChI is InChI=1S/C63H79N11O21S2/c1-32-58-40(74-15-18-92-61(89-3)60(74)95-58)22-49(93-32)94-42-24-63(87,23-35-51(42)57(84)53-52(55(35)82)54(81)34-7-6-8-41(88-2)50(34)56(53)83)62(86)66-13-12-64-44(76)25-68-46(78)27-70-48(80)29-71-47(79)28-69-45(77)26-67-43(75)11-16-90-19-20-91-17-14-65-59(85)33-9-10-36-37(21-33)73-39(31-97-5)38(72-36)30-96-4/h6-10,21,32,40,42,49,58,60-61,82,84,87H,11-20,22-31H2,1-5H3,(H,64,76)(H,65,85)(H,66,86)(H,67,75)(H,68,78)(H,69,77)(H,70,80)(H,71,79)/t32-,40-,42-,49-,58+,60+,61-,63-/m0/s1. The quantitative estimate of drug-likeness (QED) is 0.0172. The lowest BCUT2D eigenvalue weighted by Crippen LogP contribution is -2.55. The number of ether oxygens (including phenoxy) is 8. The molecule has 1 aromatic heterocycles. The molecule has 4 aromatic rings. The fourth-order valence-electron chi connectivity index (χ4n) is 11.9. The smallest absolute Gasteiger partial charge is 0.252 e. The molecule has 0 bridgehead atoms. The number of aromatic nitrogens is 2. The number of hydrogen-bond donors (Lipinski definition) is 11. The van der Waals surface area contributed by atoms with Gasteiger partial charge in [0.05, 0.1) is 124 Å². The summed E-state index contributed by atoms with van der Waals surface area (Å²) in [6.07, 6.45) is -1.81. The number of nitrogens with one attached hydrogen (secondary N) is 8. The van der Waals surface area contributed by atoms with Crippen molar-refractivity contribution in [2.75, 3.05) is 119 Å². The highest BCUT2D eigenvalue weighted by Gasteiger charge is 2.55. The SMILES string of the molecule is COc1cccc2c1C(=O)c1c(O)c3c(c(O)c1C2=O)C[C@@](O)(C(=O)NCCNC(=O)CNC(=O)CNC(=O)CNC(=O)CNC(=O)CNC(=O)CCOCCOCCNC(=O)c1ccc2nc(CSC)c(CSC)nc2c1)C[C@@H]3O[C@H]1C[C@H]2[C@H](O[C@@H]3[C@@H](OC)OCCN32)[C@H](C)O1. The molecule has 8 amide bonds. The number of rotatable bonds is 32. The molecule has 0 unspecified atom stereocenters. The number of morpholine rings is 1. The summed E-state index contributed by atoms with van der Waals surface area (Å²) in [6.45, 7) is 0.348. The van der Waals surface area contributed by atoms with Gasteiger partial charge in [0.1, 0.15) is 29.0 Å². The van der Waals surface area contributed by atoms with Crippen LogP contribution in [0.5, 0.6) is 17.2 Å². The minimum atomic E-state index is -2.40. The Morgan fingerprint density at radius 2 is 1.30 bits per heavy atom. The third-order valence-corrected chi connectivity index (χ3v) is 17.7. The number of nitrogens with zero attached hydrogens (tertiary/aromatic N) is 3. The Labute approximate surface area is 565 Å². The average molecular weight is 1390 g/mol. The lowest BCUT2D eigenvalue weighted by molar-refractivity contribution is -0.256. The van der Waals surface area contributed by atoms with E-state index in [1.54, 1.807) is 48.6 Å². The van der Waals surface area contributed by atoms with Crippen LogP contribution in [0.25, 0.3) is 11.0 Å². The first kappa shape index (κ1) is 73.1. The number of thioether (sulfide) groups is 2. The van der Waals surface area contributed by atoms with Gasteiger partial charge in [0.2, 0.25) is 41.2 Å². The predicted molar refractivity (Wildman–Crippen MR) is 345 cm³/mol. The summed E-state index contributed by atoms with van der Waals surface area (Å²) >= 11 is 3.33. The summed E-state index contributed by atoms with van der Waals surface area (Å²) in [7, 11) is 2.81. The zero-order valence-electron chi connectivity index (χ0n) is 54.0. The lowest BCUT2D eigenvalue weighted by atomic mass is 9.72. The van der Waals surface area contributed by atoms with E-state index < -0.39 is 164 Å². The van der Waals surface area contributed by atoms with E-state index in [4.69, 9.17) is 47.9 Å². The van der Waals surface area contributed by atoms with Crippen LogP contribution in [0.15, 0.2) is 36.4 Å². The minimum Gasteiger partial charge on any atom is -0.507 e. The Balaban J connectivity index is 0.640. The lowest BCUT2D eigenvalue weighted by Gasteiger charge is -2.43. The van der Waals surface area contributed by atoms with Gasteiger partial charge in [-0.15, -0.1) is 0 Å². The molecule has 3 aliphatic heterocycles. The Morgan fingerprint density at radius 3 is 1.94 bits per heavy atom. The Kier molecular flexibility index (Phi) is 25.5. The maximum atomic E-state index is 14.3.